The summed E-state index contributed by atoms with van der Waals surface area (Å²) in [6.07, 6.45) is 22.5. The van der Waals surface area contributed by atoms with Gasteiger partial charge in [-0.15, -0.1) is 0 Å². The Labute approximate surface area is 136 Å². The number of unbranched alkanes of at least 4 members (excludes halogenated alkanes) is 11. The molecule has 0 rings (SSSR count). The van der Waals surface area contributed by atoms with Gasteiger partial charge in [0.25, 0.3) is 0 Å². The largest absolute Gasteiger partial charge is 0.361 e. The van der Waals surface area contributed by atoms with E-state index in [4.69, 9.17) is 5.53 Å². The molecule has 0 amide bonds. The van der Waals surface area contributed by atoms with Crippen LogP contribution in [0.15, 0.2) is 12.2 Å². The fraction of sp³-hybridized carbons (Fsp3) is 0.789. The maximum Gasteiger partial charge on any atom is 0.323 e. The van der Waals surface area contributed by atoms with Gasteiger partial charge in [-0.3, -0.25) is 4.79 Å². The molecule has 0 spiro atoms. The average Bonchev–Trinajstić information content (AvgIpc) is 2.51. The molecule has 0 aromatic carbocycles. The Balaban J connectivity index is 3.17. The van der Waals surface area contributed by atoms with Crippen LogP contribution in [0.3, 0.4) is 0 Å². The summed E-state index contributed by atoms with van der Waals surface area (Å²) in [4.78, 5) is 13.8. The summed E-state index contributed by atoms with van der Waals surface area (Å²) in [5.41, 5.74) is 8.20. The smallest absolute Gasteiger partial charge is 0.323 e. The molecule has 3 nitrogen and oxygen atoms in total. The van der Waals surface area contributed by atoms with E-state index in [0.29, 0.717) is 6.42 Å². The molecule has 0 unspecified atom stereocenters. The zero-order valence-electron chi connectivity index (χ0n) is 14.4. The van der Waals surface area contributed by atoms with E-state index in [1.807, 2.05) is 0 Å². The van der Waals surface area contributed by atoms with Crippen molar-refractivity contribution in [2.45, 2.75) is 96.8 Å². The fourth-order valence-corrected chi connectivity index (χ4v) is 2.50. The van der Waals surface area contributed by atoms with Gasteiger partial charge in [-0.2, -0.15) is 4.79 Å². The highest BCUT2D eigenvalue weighted by Crippen LogP contribution is 2.09. The predicted molar refractivity (Wildman–Crippen MR) is 94.1 cm³/mol. The first-order valence-electron chi connectivity index (χ1n) is 9.16. The molecule has 0 aromatic rings. The van der Waals surface area contributed by atoms with Gasteiger partial charge in [0.2, 0.25) is 5.78 Å². The molecule has 22 heavy (non-hydrogen) atoms. The summed E-state index contributed by atoms with van der Waals surface area (Å²) in [7, 11) is 0. The molecule has 3 heteroatoms. The van der Waals surface area contributed by atoms with E-state index in [-0.39, 0.29) is 5.78 Å². The highest BCUT2D eigenvalue weighted by Gasteiger charge is 2.01. The van der Waals surface area contributed by atoms with Gasteiger partial charge in [0.05, 0.1) is 0 Å². The highest BCUT2D eigenvalue weighted by molar-refractivity contribution is 6.25. The monoisotopic (exact) mass is 306 g/mol. The predicted octanol–water partition coefficient (Wildman–Crippen LogP) is 5.89. The van der Waals surface area contributed by atoms with Gasteiger partial charge in [-0.1, -0.05) is 70.4 Å². The number of nitrogens with zero attached hydrogens (tertiary/aromatic N) is 2. The molecule has 0 fully saturated rings. The van der Waals surface area contributed by atoms with Crippen molar-refractivity contribution in [3.8, 4) is 0 Å². The van der Waals surface area contributed by atoms with Gasteiger partial charge in [0.1, 0.15) is 0 Å². The van der Waals surface area contributed by atoms with Crippen molar-refractivity contribution in [3.05, 3.63) is 17.7 Å². The van der Waals surface area contributed by atoms with Crippen molar-refractivity contribution in [3.63, 3.8) is 0 Å². The lowest BCUT2D eigenvalue weighted by molar-refractivity contribution is -0.116. The van der Waals surface area contributed by atoms with Crippen molar-refractivity contribution in [1.82, 2.24) is 0 Å². The minimum atomic E-state index is -0.0832. The summed E-state index contributed by atoms with van der Waals surface area (Å²) < 4.78 is 0. The van der Waals surface area contributed by atoms with Gasteiger partial charge in [0, 0.05) is 6.42 Å². The fourth-order valence-electron chi connectivity index (χ4n) is 2.50. The number of Topliss-reactive ketones (excluding diaryl/α,β-unsaturated/α-hetero) is 1. The maximum atomic E-state index is 11.1. The molecule has 126 valence electrons. The summed E-state index contributed by atoms with van der Waals surface area (Å²) in [6.45, 7) is 2.26. The number of carbonyl (C=O) groups excluding carboxylic acids is 1. The summed E-state index contributed by atoms with van der Waals surface area (Å²) >= 11 is 0. The quantitative estimate of drug-likeness (QED) is 0.115. The van der Waals surface area contributed by atoms with Crippen molar-refractivity contribution >= 4 is 12.0 Å². The van der Waals surface area contributed by atoms with Crippen LogP contribution in [0, 0.1) is 0 Å². The van der Waals surface area contributed by atoms with Gasteiger partial charge in [-0.05, 0) is 32.1 Å². The van der Waals surface area contributed by atoms with Crippen LogP contribution >= 0.6 is 0 Å². The number of ketones is 1. The normalized spacial score (nSPS) is 10.8. The van der Waals surface area contributed by atoms with Crippen molar-refractivity contribution in [1.29, 1.82) is 0 Å². The number of carbonyl (C=O) groups is 1. The van der Waals surface area contributed by atoms with Crippen LogP contribution in [0.1, 0.15) is 96.8 Å². The Bertz CT molecular complexity index is 330. The molecule has 0 N–H and O–H groups in total. The first kappa shape index (κ1) is 20.8. The SMILES string of the molecule is CCCCCCCC/C=C/CCCCCCCC(=O)C=[N+]=[N-]. The first-order valence-corrected chi connectivity index (χ1v) is 9.16. The zero-order valence-corrected chi connectivity index (χ0v) is 14.4. The van der Waals surface area contributed by atoms with E-state index in [1.165, 1.54) is 70.6 Å². The second-order valence-corrected chi connectivity index (χ2v) is 6.05. The highest BCUT2D eigenvalue weighted by atomic mass is 16.1. The van der Waals surface area contributed by atoms with E-state index < -0.39 is 0 Å². The Morgan fingerprint density at radius 1 is 0.818 bits per heavy atom. The van der Waals surface area contributed by atoms with E-state index in [2.05, 4.69) is 23.9 Å². The average molecular weight is 306 g/mol. The third-order valence-corrected chi connectivity index (χ3v) is 3.89. The van der Waals surface area contributed by atoms with Crippen LogP contribution in [0.5, 0.6) is 0 Å². The second-order valence-electron chi connectivity index (χ2n) is 6.05. The Hall–Kier alpha value is -1.21. The van der Waals surface area contributed by atoms with Crippen molar-refractivity contribution in [2.24, 2.45) is 0 Å². The Kier molecular flexibility index (Phi) is 16.9. The lowest BCUT2D eigenvalue weighted by Crippen LogP contribution is -1.98. The summed E-state index contributed by atoms with van der Waals surface area (Å²) in [6, 6.07) is 0. The Morgan fingerprint density at radius 2 is 1.32 bits per heavy atom. The molecule has 0 atom stereocenters. The molecule has 0 bridgehead atoms. The van der Waals surface area contributed by atoms with E-state index in [1.54, 1.807) is 0 Å². The third kappa shape index (κ3) is 16.8. The molecular weight excluding hydrogens is 272 g/mol. The van der Waals surface area contributed by atoms with Gasteiger partial charge >= 0.3 is 6.21 Å². The minimum absolute atomic E-state index is 0.0832. The molecule has 0 aromatic heterocycles. The molecule has 0 heterocycles. The molecule has 0 saturated carbocycles. The lowest BCUT2D eigenvalue weighted by atomic mass is 10.1. The molecule has 0 aliphatic rings. The number of rotatable bonds is 16. The van der Waals surface area contributed by atoms with Gasteiger partial charge in [0.15, 0.2) is 0 Å². The summed E-state index contributed by atoms with van der Waals surface area (Å²) in [5.74, 6) is -0.0832. The number of hydrogen-bond donors (Lipinski definition) is 0. The van der Waals surface area contributed by atoms with Crippen LogP contribution < -0.4 is 0 Å². The number of allylic oxidation sites excluding steroid dienone is 2. The number of hydrogen-bond acceptors (Lipinski definition) is 1. The van der Waals surface area contributed by atoms with Crippen LogP contribution in [0.4, 0.5) is 0 Å². The third-order valence-electron chi connectivity index (χ3n) is 3.89. The van der Waals surface area contributed by atoms with Crippen molar-refractivity contribution < 1.29 is 9.58 Å². The first-order chi connectivity index (χ1) is 10.8. The van der Waals surface area contributed by atoms with Crippen LogP contribution in [-0.2, 0) is 4.79 Å². The molecule has 0 radical (unpaired) electrons. The lowest BCUT2D eigenvalue weighted by Gasteiger charge is -1.99. The van der Waals surface area contributed by atoms with E-state index in [9.17, 15) is 4.79 Å². The van der Waals surface area contributed by atoms with E-state index >= 15 is 0 Å². The van der Waals surface area contributed by atoms with E-state index in [0.717, 1.165) is 19.1 Å². The molecular formula is C19H34N2O. The van der Waals surface area contributed by atoms with Crippen LogP contribution in [-0.4, -0.2) is 16.8 Å². The molecule has 0 aliphatic carbocycles. The minimum Gasteiger partial charge on any atom is -0.361 e. The van der Waals surface area contributed by atoms with Crippen LogP contribution in [0.25, 0.3) is 5.53 Å². The van der Waals surface area contributed by atoms with Gasteiger partial charge < -0.3 is 5.53 Å². The molecule has 0 saturated heterocycles. The second kappa shape index (κ2) is 17.8. The topological polar surface area (TPSA) is 53.5 Å². The summed E-state index contributed by atoms with van der Waals surface area (Å²) in [5, 5.41) is 0. The zero-order chi connectivity index (χ0) is 16.3. The maximum absolute atomic E-state index is 11.1. The van der Waals surface area contributed by atoms with Crippen molar-refractivity contribution in [2.75, 3.05) is 0 Å². The Morgan fingerprint density at radius 3 is 1.86 bits per heavy atom. The standard InChI is InChI=1S/C19H34N2O/c1-2-3-4-5-6-7-8-9-10-11-12-13-14-15-16-17-19(22)18-21-20/h9-10,18H,2-8,11-17H2,1H3/b10-9+. The van der Waals surface area contributed by atoms with Crippen LogP contribution in [0.2, 0.25) is 0 Å². The van der Waals surface area contributed by atoms with Gasteiger partial charge in [-0.25, -0.2) is 0 Å². The molecule has 0 aliphatic heterocycles.